The summed E-state index contributed by atoms with van der Waals surface area (Å²) in [5.41, 5.74) is 3.33. The number of urea groups is 1. The molecular weight excluding hydrogens is 308 g/mol. The zero-order valence-corrected chi connectivity index (χ0v) is 14.3. The molecule has 0 spiro atoms. The fourth-order valence-electron chi connectivity index (χ4n) is 2.71. The van der Waals surface area contributed by atoms with E-state index in [4.69, 9.17) is 0 Å². The lowest BCUT2D eigenvalue weighted by molar-refractivity contribution is -0.132. The smallest absolute Gasteiger partial charge is 0.318 e. The van der Waals surface area contributed by atoms with Gasteiger partial charge in [-0.05, 0) is 30.5 Å². The second kappa shape index (κ2) is 7.81. The molecule has 1 aliphatic rings. The van der Waals surface area contributed by atoms with E-state index >= 15 is 0 Å². The van der Waals surface area contributed by atoms with Gasteiger partial charge in [-0.25, -0.2) is 4.79 Å². The summed E-state index contributed by atoms with van der Waals surface area (Å²) in [6, 6.07) is 4.83. The summed E-state index contributed by atoms with van der Waals surface area (Å²) in [5.74, 6) is -0.573. The van der Waals surface area contributed by atoms with Crippen LogP contribution in [0.4, 0.5) is 4.79 Å². The Morgan fingerprint density at radius 2 is 2.08 bits per heavy atom. The van der Waals surface area contributed by atoms with Crippen LogP contribution in [-0.4, -0.2) is 48.9 Å². The number of hydrogen-bond donors (Lipinski definition) is 3. The normalized spacial score (nSPS) is 17.2. The standard InChI is InChI=1S/C17H24N4O3/c1-11-5-4-6-13(12(11)2)10-20-17(24)21-8-7-19-16(23)14(21)9-15(22)18-3/h4-6,14H,7-10H2,1-3H3,(H,18,22)(H,19,23)(H,20,24). The highest BCUT2D eigenvalue weighted by atomic mass is 16.2. The summed E-state index contributed by atoms with van der Waals surface area (Å²) in [4.78, 5) is 37.6. The Balaban J connectivity index is 2.04. The Labute approximate surface area is 141 Å². The van der Waals surface area contributed by atoms with Gasteiger partial charge in [0.25, 0.3) is 0 Å². The average Bonchev–Trinajstić information content (AvgIpc) is 2.57. The first-order valence-electron chi connectivity index (χ1n) is 8.02. The number of nitrogens with one attached hydrogen (secondary N) is 3. The number of nitrogens with zero attached hydrogens (tertiary/aromatic N) is 1. The Kier molecular flexibility index (Phi) is 5.78. The second-order valence-electron chi connectivity index (χ2n) is 5.90. The van der Waals surface area contributed by atoms with E-state index < -0.39 is 6.04 Å². The van der Waals surface area contributed by atoms with Crippen LogP contribution in [0.1, 0.15) is 23.1 Å². The molecule has 1 aromatic rings. The highest BCUT2D eigenvalue weighted by Gasteiger charge is 2.34. The Bertz CT molecular complexity index is 645. The molecule has 1 atom stereocenters. The third-order valence-corrected chi connectivity index (χ3v) is 4.40. The van der Waals surface area contributed by atoms with Gasteiger partial charge in [-0.3, -0.25) is 9.59 Å². The third kappa shape index (κ3) is 4.04. The minimum absolute atomic E-state index is 0.0424. The van der Waals surface area contributed by atoms with Gasteiger partial charge in [0.15, 0.2) is 0 Å². The van der Waals surface area contributed by atoms with E-state index in [1.807, 2.05) is 32.0 Å². The molecule has 0 aromatic heterocycles. The molecule has 7 nitrogen and oxygen atoms in total. The molecule has 1 saturated heterocycles. The molecule has 1 unspecified atom stereocenters. The lowest BCUT2D eigenvalue weighted by Gasteiger charge is -2.34. The SMILES string of the molecule is CNC(=O)CC1C(=O)NCCN1C(=O)NCc1cccc(C)c1C. The minimum Gasteiger partial charge on any atom is -0.359 e. The molecule has 1 fully saturated rings. The summed E-state index contributed by atoms with van der Waals surface area (Å²) in [5, 5.41) is 8.04. The van der Waals surface area contributed by atoms with E-state index in [2.05, 4.69) is 16.0 Å². The lowest BCUT2D eigenvalue weighted by Crippen LogP contribution is -2.60. The van der Waals surface area contributed by atoms with Gasteiger partial charge in [0.05, 0.1) is 6.42 Å². The van der Waals surface area contributed by atoms with Crippen molar-refractivity contribution in [1.29, 1.82) is 0 Å². The van der Waals surface area contributed by atoms with Gasteiger partial charge in [-0.1, -0.05) is 18.2 Å². The fourth-order valence-corrected chi connectivity index (χ4v) is 2.71. The van der Waals surface area contributed by atoms with Gasteiger partial charge in [0, 0.05) is 26.7 Å². The van der Waals surface area contributed by atoms with Crippen molar-refractivity contribution in [3.63, 3.8) is 0 Å². The summed E-state index contributed by atoms with van der Waals surface area (Å²) in [7, 11) is 1.51. The van der Waals surface area contributed by atoms with E-state index in [0.717, 1.165) is 16.7 Å². The molecular formula is C17H24N4O3. The Morgan fingerprint density at radius 1 is 1.33 bits per heavy atom. The van der Waals surface area contributed by atoms with Crippen molar-refractivity contribution in [3.05, 3.63) is 34.9 Å². The van der Waals surface area contributed by atoms with Crippen molar-refractivity contribution in [1.82, 2.24) is 20.9 Å². The quantitative estimate of drug-likeness (QED) is 0.748. The molecule has 2 rings (SSSR count). The summed E-state index contributed by atoms with van der Waals surface area (Å²) in [6.45, 7) is 5.19. The van der Waals surface area contributed by atoms with Crippen molar-refractivity contribution in [2.75, 3.05) is 20.1 Å². The van der Waals surface area contributed by atoms with Crippen LogP contribution in [0.25, 0.3) is 0 Å². The molecule has 130 valence electrons. The van der Waals surface area contributed by atoms with Gasteiger partial charge in [0.2, 0.25) is 11.8 Å². The minimum atomic E-state index is -0.780. The molecule has 1 heterocycles. The van der Waals surface area contributed by atoms with E-state index in [1.165, 1.54) is 11.9 Å². The van der Waals surface area contributed by atoms with Crippen molar-refractivity contribution in [2.24, 2.45) is 0 Å². The van der Waals surface area contributed by atoms with Gasteiger partial charge in [-0.15, -0.1) is 0 Å². The number of carbonyl (C=O) groups is 3. The average molecular weight is 332 g/mol. The number of rotatable bonds is 4. The highest BCUT2D eigenvalue weighted by molar-refractivity contribution is 5.92. The molecule has 4 amide bonds. The van der Waals surface area contributed by atoms with E-state index in [-0.39, 0.29) is 24.3 Å². The van der Waals surface area contributed by atoms with Crippen molar-refractivity contribution in [2.45, 2.75) is 32.9 Å². The topological polar surface area (TPSA) is 90.5 Å². The molecule has 7 heteroatoms. The molecule has 3 N–H and O–H groups in total. The maximum absolute atomic E-state index is 12.5. The van der Waals surface area contributed by atoms with Crippen LogP contribution in [0.3, 0.4) is 0 Å². The molecule has 24 heavy (non-hydrogen) atoms. The number of hydrogen-bond acceptors (Lipinski definition) is 3. The predicted octanol–water partition coefficient (Wildman–Crippen LogP) is 0.450. The van der Waals surface area contributed by atoms with Crippen LogP contribution < -0.4 is 16.0 Å². The van der Waals surface area contributed by atoms with Crippen LogP contribution in [0.2, 0.25) is 0 Å². The maximum Gasteiger partial charge on any atom is 0.318 e. The van der Waals surface area contributed by atoms with Crippen LogP contribution >= 0.6 is 0 Å². The van der Waals surface area contributed by atoms with E-state index in [0.29, 0.717) is 19.6 Å². The second-order valence-corrected chi connectivity index (χ2v) is 5.90. The van der Waals surface area contributed by atoms with Crippen LogP contribution in [0.15, 0.2) is 18.2 Å². The summed E-state index contributed by atoms with van der Waals surface area (Å²) < 4.78 is 0. The van der Waals surface area contributed by atoms with Gasteiger partial charge < -0.3 is 20.9 Å². The molecule has 0 saturated carbocycles. The molecule has 0 bridgehead atoms. The molecule has 0 aliphatic carbocycles. The molecule has 1 aliphatic heterocycles. The first kappa shape index (κ1) is 17.8. The predicted molar refractivity (Wildman–Crippen MR) is 90.3 cm³/mol. The number of carbonyl (C=O) groups excluding carboxylic acids is 3. The van der Waals surface area contributed by atoms with Crippen molar-refractivity contribution < 1.29 is 14.4 Å². The van der Waals surface area contributed by atoms with Crippen LogP contribution in [0.5, 0.6) is 0 Å². The zero-order chi connectivity index (χ0) is 17.7. The number of benzene rings is 1. The monoisotopic (exact) mass is 332 g/mol. The van der Waals surface area contributed by atoms with Gasteiger partial charge in [0.1, 0.15) is 6.04 Å². The van der Waals surface area contributed by atoms with Gasteiger partial charge >= 0.3 is 6.03 Å². The van der Waals surface area contributed by atoms with Crippen molar-refractivity contribution >= 4 is 17.8 Å². The Hall–Kier alpha value is -2.57. The van der Waals surface area contributed by atoms with Gasteiger partial charge in [-0.2, -0.15) is 0 Å². The third-order valence-electron chi connectivity index (χ3n) is 4.40. The zero-order valence-electron chi connectivity index (χ0n) is 14.3. The number of amides is 4. The molecule has 0 radical (unpaired) electrons. The Morgan fingerprint density at radius 3 is 2.79 bits per heavy atom. The first-order valence-corrected chi connectivity index (χ1v) is 8.02. The summed E-state index contributed by atoms with van der Waals surface area (Å²) >= 11 is 0. The van der Waals surface area contributed by atoms with E-state index in [9.17, 15) is 14.4 Å². The largest absolute Gasteiger partial charge is 0.359 e. The summed E-state index contributed by atoms with van der Waals surface area (Å²) in [6.07, 6.45) is -0.0424. The van der Waals surface area contributed by atoms with Crippen LogP contribution in [0, 0.1) is 13.8 Å². The number of piperazine rings is 1. The molecule has 1 aromatic carbocycles. The van der Waals surface area contributed by atoms with E-state index in [1.54, 1.807) is 0 Å². The highest BCUT2D eigenvalue weighted by Crippen LogP contribution is 2.13. The fraction of sp³-hybridized carbons (Fsp3) is 0.471. The maximum atomic E-state index is 12.5. The first-order chi connectivity index (χ1) is 11.4. The lowest BCUT2D eigenvalue weighted by atomic mass is 10.0. The van der Waals surface area contributed by atoms with Crippen LogP contribution in [-0.2, 0) is 16.1 Å². The van der Waals surface area contributed by atoms with Crippen molar-refractivity contribution in [3.8, 4) is 0 Å². The number of aryl methyl sites for hydroxylation is 1.